The van der Waals surface area contributed by atoms with E-state index < -0.39 is 0 Å². The summed E-state index contributed by atoms with van der Waals surface area (Å²) >= 11 is 5.04. The number of nitrogens with one attached hydrogen (secondary N) is 1. The molecule has 120 valence electrons. The summed E-state index contributed by atoms with van der Waals surface area (Å²) in [6.45, 7) is 3.52. The Morgan fingerprint density at radius 2 is 2.04 bits per heavy atom. The first kappa shape index (κ1) is 16.3. The van der Waals surface area contributed by atoms with Crippen molar-refractivity contribution in [1.82, 2.24) is 9.97 Å². The van der Waals surface area contributed by atoms with Crippen molar-refractivity contribution in [2.24, 2.45) is 0 Å². The number of carbonyl (C=O) groups is 1. The minimum absolute atomic E-state index is 0.0856. The highest BCUT2D eigenvalue weighted by atomic mass is 79.9. The topological polar surface area (TPSA) is 58.1 Å². The molecule has 0 saturated carbocycles. The third kappa shape index (κ3) is 4.03. The average Bonchev–Trinajstić information content (AvgIpc) is 3.05. The molecule has 0 spiro atoms. The Kier molecular flexibility index (Phi) is 5.17. The molecule has 2 aromatic rings. The van der Waals surface area contributed by atoms with Crippen LogP contribution in [0.2, 0.25) is 0 Å². The van der Waals surface area contributed by atoms with Crippen molar-refractivity contribution >= 4 is 45.2 Å². The molecule has 2 heterocycles. The molecule has 1 aliphatic heterocycles. The van der Waals surface area contributed by atoms with Crippen LogP contribution in [-0.4, -0.2) is 29.0 Å². The predicted octanol–water partition coefficient (Wildman–Crippen LogP) is 3.95. The number of hydrogen-bond acceptors (Lipinski definition) is 5. The number of hydrogen-bond donors (Lipinski definition) is 1. The van der Waals surface area contributed by atoms with Gasteiger partial charge in [0.25, 0.3) is 0 Å². The molecule has 0 bridgehead atoms. The molecule has 23 heavy (non-hydrogen) atoms. The van der Waals surface area contributed by atoms with Crippen molar-refractivity contribution in [3.8, 4) is 0 Å². The number of halogens is 1. The van der Waals surface area contributed by atoms with Gasteiger partial charge in [-0.2, -0.15) is 0 Å². The third-order valence-electron chi connectivity index (χ3n) is 3.49. The molecule has 1 N–H and O–H groups in total. The minimum Gasteiger partial charge on any atom is -0.341 e. The maximum absolute atomic E-state index is 11.4. The van der Waals surface area contributed by atoms with Crippen LogP contribution in [-0.2, 0) is 4.79 Å². The molecule has 3 rings (SSSR count). The summed E-state index contributed by atoms with van der Waals surface area (Å²) in [5.41, 5.74) is 0.790. The van der Waals surface area contributed by atoms with Crippen molar-refractivity contribution in [2.75, 3.05) is 23.3 Å². The van der Waals surface area contributed by atoms with Gasteiger partial charge in [0.05, 0.1) is 10.2 Å². The zero-order valence-electron chi connectivity index (χ0n) is 12.8. The Morgan fingerprint density at radius 1 is 1.30 bits per heavy atom. The SMILES string of the molecule is CC(=O)Nc1ccccc1Sc1nc(N2CCCC2)ncc1Br. The van der Waals surface area contributed by atoms with E-state index in [0.29, 0.717) is 0 Å². The summed E-state index contributed by atoms with van der Waals surface area (Å²) in [6.07, 6.45) is 4.17. The van der Waals surface area contributed by atoms with Gasteiger partial charge < -0.3 is 10.2 Å². The Hall–Kier alpha value is -1.60. The van der Waals surface area contributed by atoms with E-state index in [2.05, 4.69) is 36.1 Å². The summed E-state index contributed by atoms with van der Waals surface area (Å²) in [5, 5.41) is 3.70. The molecule has 1 saturated heterocycles. The minimum atomic E-state index is -0.0856. The fourth-order valence-corrected chi connectivity index (χ4v) is 3.73. The Bertz CT molecular complexity index is 719. The molecule has 1 amide bonds. The van der Waals surface area contributed by atoms with Crippen LogP contribution in [0.15, 0.2) is 44.9 Å². The second-order valence-electron chi connectivity index (χ2n) is 5.30. The van der Waals surface area contributed by atoms with Crippen LogP contribution in [0.25, 0.3) is 0 Å². The molecule has 7 heteroatoms. The summed E-state index contributed by atoms with van der Waals surface area (Å²) in [7, 11) is 0. The highest BCUT2D eigenvalue weighted by Gasteiger charge is 2.17. The predicted molar refractivity (Wildman–Crippen MR) is 96.0 cm³/mol. The Morgan fingerprint density at radius 3 is 2.78 bits per heavy atom. The zero-order chi connectivity index (χ0) is 16.2. The quantitative estimate of drug-likeness (QED) is 0.798. The van der Waals surface area contributed by atoms with Crippen molar-refractivity contribution in [3.05, 3.63) is 34.9 Å². The van der Waals surface area contributed by atoms with Crippen LogP contribution in [0.4, 0.5) is 11.6 Å². The van der Waals surface area contributed by atoms with Crippen LogP contribution in [0.5, 0.6) is 0 Å². The van der Waals surface area contributed by atoms with E-state index >= 15 is 0 Å². The number of aromatic nitrogens is 2. The lowest BCUT2D eigenvalue weighted by atomic mass is 10.3. The lowest BCUT2D eigenvalue weighted by Gasteiger charge is -2.16. The van der Waals surface area contributed by atoms with Gasteiger partial charge in [-0.05, 0) is 40.9 Å². The largest absolute Gasteiger partial charge is 0.341 e. The second-order valence-corrected chi connectivity index (χ2v) is 7.18. The second kappa shape index (κ2) is 7.31. The van der Waals surface area contributed by atoms with Crippen LogP contribution in [0.1, 0.15) is 19.8 Å². The van der Waals surface area contributed by atoms with E-state index in [0.717, 1.165) is 39.1 Å². The molecular weight excluding hydrogens is 376 g/mol. The number of nitrogens with zero attached hydrogens (tertiary/aromatic N) is 3. The van der Waals surface area contributed by atoms with Crippen LogP contribution in [0.3, 0.4) is 0 Å². The fraction of sp³-hybridized carbons (Fsp3) is 0.312. The maximum Gasteiger partial charge on any atom is 0.226 e. The molecule has 0 unspecified atom stereocenters. The summed E-state index contributed by atoms with van der Waals surface area (Å²) in [6, 6.07) is 7.71. The van der Waals surface area contributed by atoms with Gasteiger partial charge in [0.2, 0.25) is 11.9 Å². The molecule has 1 aliphatic rings. The highest BCUT2D eigenvalue weighted by molar-refractivity contribution is 9.10. The lowest BCUT2D eigenvalue weighted by Crippen LogP contribution is -2.20. The molecule has 1 aromatic carbocycles. The maximum atomic E-state index is 11.4. The number of amides is 1. The first-order valence-electron chi connectivity index (χ1n) is 7.45. The van der Waals surface area contributed by atoms with E-state index in [1.807, 2.05) is 24.3 Å². The van der Waals surface area contributed by atoms with Crippen molar-refractivity contribution < 1.29 is 4.79 Å². The summed E-state index contributed by atoms with van der Waals surface area (Å²) < 4.78 is 0.850. The van der Waals surface area contributed by atoms with E-state index in [4.69, 9.17) is 0 Å². The van der Waals surface area contributed by atoms with Crippen molar-refractivity contribution in [2.45, 2.75) is 29.7 Å². The van der Waals surface area contributed by atoms with Gasteiger partial charge in [-0.3, -0.25) is 4.79 Å². The lowest BCUT2D eigenvalue weighted by molar-refractivity contribution is -0.114. The van der Waals surface area contributed by atoms with Gasteiger partial charge >= 0.3 is 0 Å². The summed E-state index contributed by atoms with van der Waals surface area (Å²) in [4.78, 5) is 23.6. The van der Waals surface area contributed by atoms with Crippen LogP contribution >= 0.6 is 27.7 Å². The first-order valence-corrected chi connectivity index (χ1v) is 9.06. The number of para-hydroxylation sites is 1. The molecule has 1 aromatic heterocycles. The number of anilines is 2. The van der Waals surface area contributed by atoms with E-state index in [1.54, 1.807) is 6.20 Å². The van der Waals surface area contributed by atoms with Gasteiger partial charge in [0, 0.05) is 31.1 Å². The number of carbonyl (C=O) groups excluding carboxylic acids is 1. The van der Waals surface area contributed by atoms with E-state index in [1.165, 1.54) is 31.5 Å². The van der Waals surface area contributed by atoms with Crippen LogP contribution in [0, 0.1) is 0 Å². The monoisotopic (exact) mass is 392 g/mol. The van der Waals surface area contributed by atoms with Gasteiger partial charge in [0.1, 0.15) is 5.03 Å². The molecule has 1 fully saturated rings. The number of benzene rings is 1. The molecule has 0 radical (unpaired) electrons. The molecule has 0 atom stereocenters. The van der Waals surface area contributed by atoms with Crippen molar-refractivity contribution in [3.63, 3.8) is 0 Å². The Balaban J connectivity index is 1.87. The average molecular weight is 393 g/mol. The molecular formula is C16H17BrN4OS. The van der Waals surface area contributed by atoms with Gasteiger partial charge in [-0.1, -0.05) is 23.9 Å². The highest BCUT2D eigenvalue weighted by Crippen LogP contribution is 2.36. The normalized spacial score (nSPS) is 14.1. The standard InChI is InChI=1S/C16H17BrN4OS/c1-11(22)19-13-6-2-3-7-14(13)23-15-12(17)10-18-16(20-15)21-8-4-5-9-21/h2-3,6-7,10H,4-5,8-9H2,1H3,(H,19,22). The fourth-order valence-electron chi connectivity index (χ4n) is 2.44. The molecule has 0 aliphatic carbocycles. The third-order valence-corrected chi connectivity index (χ3v) is 5.42. The Labute approximate surface area is 148 Å². The van der Waals surface area contributed by atoms with Gasteiger partial charge in [-0.15, -0.1) is 0 Å². The zero-order valence-corrected chi connectivity index (χ0v) is 15.2. The van der Waals surface area contributed by atoms with Gasteiger partial charge in [0.15, 0.2) is 0 Å². The van der Waals surface area contributed by atoms with E-state index in [9.17, 15) is 4.79 Å². The van der Waals surface area contributed by atoms with Gasteiger partial charge in [-0.25, -0.2) is 9.97 Å². The van der Waals surface area contributed by atoms with Crippen LogP contribution < -0.4 is 10.2 Å². The summed E-state index contributed by atoms with van der Waals surface area (Å²) in [5.74, 6) is 0.683. The smallest absolute Gasteiger partial charge is 0.226 e. The first-order chi connectivity index (χ1) is 11.1. The molecule has 5 nitrogen and oxygen atoms in total. The van der Waals surface area contributed by atoms with E-state index in [-0.39, 0.29) is 5.91 Å². The van der Waals surface area contributed by atoms with Crippen molar-refractivity contribution in [1.29, 1.82) is 0 Å². The number of rotatable bonds is 4.